The van der Waals surface area contributed by atoms with E-state index in [2.05, 4.69) is 13.8 Å². The van der Waals surface area contributed by atoms with Crippen molar-refractivity contribution in [2.45, 2.75) is 114 Å². The van der Waals surface area contributed by atoms with Crippen molar-refractivity contribution in [1.82, 2.24) is 0 Å². The van der Waals surface area contributed by atoms with E-state index in [1.54, 1.807) is 0 Å². The molecule has 0 aromatic rings. The summed E-state index contributed by atoms with van der Waals surface area (Å²) in [5, 5.41) is 63.8. The molecule has 220 valence electrons. The number of aliphatic hydroxyl groups is 6. The van der Waals surface area contributed by atoms with E-state index in [0.717, 1.165) is 50.5 Å². The molecule has 0 aromatic carbocycles. The lowest BCUT2D eigenvalue weighted by Crippen LogP contribution is -2.63. The van der Waals surface area contributed by atoms with E-state index in [0.29, 0.717) is 18.3 Å². The molecule has 10 heteroatoms. The summed E-state index contributed by atoms with van der Waals surface area (Å²) in [6, 6.07) is 0. The summed E-state index contributed by atoms with van der Waals surface area (Å²) in [5.74, 6) is 0.0346. The third-order valence-electron chi connectivity index (χ3n) is 12.1. The maximum absolute atomic E-state index is 12.4. The second-order valence-electron chi connectivity index (χ2n) is 13.7. The Bertz CT molecular complexity index is 1000. The number of cyclic esters (lactones) is 1. The van der Waals surface area contributed by atoms with Gasteiger partial charge in [0.05, 0.1) is 24.4 Å². The Hall–Kier alpha value is -1.11. The third-order valence-corrected chi connectivity index (χ3v) is 12.1. The van der Waals surface area contributed by atoms with Crippen LogP contribution in [0.2, 0.25) is 0 Å². The molecule has 6 aliphatic rings. The molecular formula is C29H44O10. The zero-order chi connectivity index (χ0) is 27.9. The Morgan fingerprint density at radius 2 is 1.77 bits per heavy atom. The molecule has 0 bridgehead atoms. The van der Waals surface area contributed by atoms with E-state index >= 15 is 0 Å². The first-order valence-corrected chi connectivity index (χ1v) is 14.7. The van der Waals surface area contributed by atoms with Crippen molar-refractivity contribution in [3.63, 3.8) is 0 Å². The van der Waals surface area contributed by atoms with Crippen molar-refractivity contribution < 1.29 is 49.6 Å². The van der Waals surface area contributed by atoms with Gasteiger partial charge in [-0.05, 0) is 73.7 Å². The highest BCUT2D eigenvalue weighted by Gasteiger charge is 2.70. The van der Waals surface area contributed by atoms with Crippen molar-refractivity contribution in [2.24, 2.45) is 34.5 Å². The van der Waals surface area contributed by atoms with Gasteiger partial charge in [0.2, 0.25) is 0 Å². The zero-order valence-electron chi connectivity index (χ0n) is 22.8. The SMILES string of the molecule is C[C@]12CC[C@H](O[C@@H]3O[C@H](CO)[C@@H](O)[C@H](O)[C@H]3O)C[C@H]1CC[C@@H]1[C@@H]2CC[C@]2(C)[C@@H](C3=CC(=O)OC3)[C@@H](O)C[C@]12O. The summed E-state index contributed by atoms with van der Waals surface area (Å²) >= 11 is 0. The lowest BCUT2D eigenvalue weighted by Gasteiger charge is -2.63. The summed E-state index contributed by atoms with van der Waals surface area (Å²) in [6.45, 7) is 4.13. The second-order valence-corrected chi connectivity index (χ2v) is 13.7. The van der Waals surface area contributed by atoms with Gasteiger partial charge in [-0.1, -0.05) is 13.8 Å². The molecule has 1 saturated heterocycles. The maximum atomic E-state index is 12.4. The molecule has 4 aliphatic carbocycles. The molecule has 0 aromatic heterocycles. The number of carbonyl (C=O) groups excluding carboxylic acids is 1. The molecule has 39 heavy (non-hydrogen) atoms. The van der Waals surface area contributed by atoms with Gasteiger partial charge in [-0.15, -0.1) is 0 Å². The topological polar surface area (TPSA) is 166 Å². The summed E-state index contributed by atoms with van der Waals surface area (Å²) in [6.07, 6.45) is 0.361. The molecule has 0 radical (unpaired) electrons. The number of aliphatic hydroxyl groups excluding tert-OH is 5. The highest BCUT2D eigenvalue weighted by Crippen LogP contribution is 2.70. The fourth-order valence-corrected chi connectivity index (χ4v) is 9.94. The lowest BCUT2D eigenvalue weighted by molar-refractivity contribution is -0.317. The minimum atomic E-state index is -1.46. The van der Waals surface area contributed by atoms with Crippen molar-refractivity contribution in [1.29, 1.82) is 0 Å². The predicted octanol–water partition coefficient (Wildman–Crippen LogP) is 0.399. The van der Waals surface area contributed by atoms with E-state index in [9.17, 15) is 35.4 Å². The van der Waals surface area contributed by atoms with Crippen LogP contribution in [-0.4, -0.2) is 98.3 Å². The van der Waals surface area contributed by atoms with Crippen LogP contribution >= 0.6 is 0 Å². The van der Waals surface area contributed by atoms with Crippen LogP contribution in [0.15, 0.2) is 11.6 Å². The molecule has 6 rings (SSSR count). The monoisotopic (exact) mass is 552 g/mol. The van der Waals surface area contributed by atoms with Gasteiger partial charge in [0.1, 0.15) is 31.0 Å². The predicted molar refractivity (Wildman–Crippen MR) is 136 cm³/mol. The van der Waals surface area contributed by atoms with Crippen molar-refractivity contribution in [2.75, 3.05) is 13.2 Å². The normalized spacial score (nSPS) is 55.3. The van der Waals surface area contributed by atoms with Gasteiger partial charge in [0, 0.05) is 23.8 Å². The average molecular weight is 553 g/mol. The maximum Gasteiger partial charge on any atom is 0.331 e. The number of esters is 1. The first-order chi connectivity index (χ1) is 18.4. The Labute approximate surface area is 229 Å². The van der Waals surface area contributed by atoms with Gasteiger partial charge in [0.25, 0.3) is 0 Å². The lowest BCUT2D eigenvalue weighted by atomic mass is 9.43. The van der Waals surface area contributed by atoms with E-state index in [-0.39, 0.29) is 35.9 Å². The van der Waals surface area contributed by atoms with E-state index in [1.807, 2.05) is 0 Å². The van der Waals surface area contributed by atoms with Crippen LogP contribution in [0.5, 0.6) is 0 Å². The molecule has 4 saturated carbocycles. The molecule has 5 fully saturated rings. The molecular weight excluding hydrogens is 508 g/mol. The fraction of sp³-hybridized carbons (Fsp3) is 0.897. The summed E-state index contributed by atoms with van der Waals surface area (Å²) in [4.78, 5) is 11.8. The summed E-state index contributed by atoms with van der Waals surface area (Å²) in [7, 11) is 0. The van der Waals surface area contributed by atoms with Crippen molar-refractivity contribution >= 4 is 5.97 Å². The molecule has 2 aliphatic heterocycles. The average Bonchev–Trinajstić information content (AvgIpc) is 3.40. The van der Waals surface area contributed by atoms with E-state index < -0.39 is 54.4 Å². The van der Waals surface area contributed by atoms with Gasteiger partial charge >= 0.3 is 5.97 Å². The van der Waals surface area contributed by atoms with Crippen LogP contribution in [0.1, 0.15) is 65.2 Å². The standard InChI is InChI=1S/C29H44O10/c1-27-7-5-16(38-26-25(35)24(34)23(33)20(12-30)39-26)10-15(27)3-4-18-17(27)6-8-28(2)22(14-9-21(32)37-13-14)19(31)11-29(18,28)36/h9,15-20,22-26,30-31,33-36H,3-8,10-13H2,1-2H3/t15-,16+,17+,18-,19+,20-,22+,23-,24+,25-,26-,27+,28-,29+/m1/s1. The molecule has 0 spiro atoms. The number of hydrogen-bond acceptors (Lipinski definition) is 10. The second kappa shape index (κ2) is 9.73. The highest BCUT2D eigenvalue weighted by molar-refractivity contribution is 5.85. The van der Waals surface area contributed by atoms with Gasteiger partial charge in [0.15, 0.2) is 6.29 Å². The Morgan fingerprint density at radius 1 is 1.00 bits per heavy atom. The van der Waals surface area contributed by atoms with Gasteiger partial charge in [-0.25, -0.2) is 4.79 Å². The number of rotatable bonds is 4. The Balaban J connectivity index is 1.17. The van der Waals surface area contributed by atoms with Crippen LogP contribution in [-0.2, 0) is 19.0 Å². The zero-order valence-corrected chi connectivity index (χ0v) is 22.8. The van der Waals surface area contributed by atoms with Crippen LogP contribution in [0.3, 0.4) is 0 Å². The summed E-state index contributed by atoms with van der Waals surface area (Å²) < 4.78 is 16.9. The number of hydrogen-bond donors (Lipinski definition) is 6. The first-order valence-electron chi connectivity index (χ1n) is 14.7. The van der Waals surface area contributed by atoms with Gasteiger partial charge < -0.3 is 44.8 Å². The molecule has 10 nitrogen and oxygen atoms in total. The van der Waals surface area contributed by atoms with Crippen molar-refractivity contribution in [3.05, 3.63) is 11.6 Å². The largest absolute Gasteiger partial charge is 0.458 e. The number of ether oxygens (including phenoxy) is 3. The van der Waals surface area contributed by atoms with Gasteiger partial charge in [-0.3, -0.25) is 0 Å². The minimum Gasteiger partial charge on any atom is -0.458 e. The number of fused-ring (bicyclic) bond motifs is 5. The van der Waals surface area contributed by atoms with Crippen LogP contribution in [0, 0.1) is 34.5 Å². The first kappa shape index (κ1) is 28.0. The minimum absolute atomic E-state index is 0.00996. The molecule has 2 heterocycles. The molecule has 6 N–H and O–H groups in total. The van der Waals surface area contributed by atoms with Gasteiger partial charge in [-0.2, -0.15) is 0 Å². The third kappa shape index (κ3) is 4.08. The van der Waals surface area contributed by atoms with E-state index in [4.69, 9.17) is 14.2 Å². The Kier molecular flexibility index (Phi) is 6.99. The molecule has 0 unspecified atom stereocenters. The van der Waals surface area contributed by atoms with Crippen molar-refractivity contribution in [3.8, 4) is 0 Å². The number of carbonyl (C=O) groups is 1. The summed E-state index contributed by atoms with van der Waals surface area (Å²) in [5.41, 5.74) is -0.760. The molecule has 0 amide bonds. The Morgan fingerprint density at radius 3 is 2.46 bits per heavy atom. The van der Waals surface area contributed by atoms with Crippen LogP contribution < -0.4 is 0 Å². The molecule has 14 atom stereocenters. The fourth-order valence-electron chi connectivity index (χ4n) is 9.94. The van der Waals surface area contributed by atoms with Crippen LogP contribution in [0.4, 0.5) is 0 Å². The van der Waals surface area contributed by atoms with Crippen LogP contribution in [0.25, 0.3) is 0 Å². The highest BCUT2D eigenvalue weighted by atomic mass is 16.7. The quantitative estimate of drug-likeness (QED) is 0.212. The smallest absolute Gasteiger partial charge is 0.331 e. The van der Waals surface area contributed by atoms with E-state index in [1.165, 1.54) is 6.08 Å².